The predicted molar refractivity (Wildman–Crippen MR) is 154 cm³/mol. The minimum Gasteiger partial charge on any atom is -0.379 e. The lowest BCUT2D eigenvalue weighted by Gasteiger charge is -2.41. The van der Waals surface area contributed by atoms with Crippen LogP contribution < -0.4 is 0 Å². The van der Waals surface area contributed by atoms with Crippen LogP contribution in [0.15, 0.2) is 93.5 Å². The normalized spacial score (nSPS) is 16.4. The Balaban J connectivity index is 1.69. The molecule has 39 heavy (non-hydrogen) atoms. The number of hydrogen-bond acceptors (Lipinski definition) is 7. The summed E-state index contributed by atoms with van der Waals surface area (Å²) in [5, 5.41) is 0. The van der Waals surface area contributed by atoms with Crippen molar-refractivity contribution in [3.05, 3.63) is 90.0 Å². The number of benzene rings is 3. The van der Waals surface area contributed by atoms with Crippen molar-refractivity contribution in [2.45, 2.75) is 59.1 Å². The van der Waals surface area contributed by atoms with Gasteiger partial charge in [-0.15, -0.1) is 0 Å². The summed E-state index contributed by atoms with van der Waals surface area (Å²) in [5.74, 6) is -0.891. The van der Waals surface area contributed by atoms with E-state index in [0.29, 0.717) is 26.3 Å². The average Bonchev–Trinajstić information content (AvgIpc) is 2.94. The van der Waals surface area contributed by atoms with Gasteiger partial charge in [0.2, 0.25) is 0 Å². The summed E-state index contributed by atoms with van der Waals surface area (Å²) < 4.78 is 31.7. The van der Waals surface area contributed by atoms with Crippen molar-refractivity contribution < 1.29 is 22.7 Å². The van der Waals surface area contributed by atoms with E-state index in [1.54, 1.807) is 49.9 Å². The molecule has 6 nitrogen and oxygen atoms in total. The predicted octanol–water partition coefficient (Wildman–Crippen LogP) is 5.63. The second kappa shape index (κ2) is 11.8. The van der Waals surface area contributed by atoms with Crippen LogP contribution >= 0.6 is 11.8 Å². The molecule has 0 aliphatic carbocycles. The summed E-state index contributed by atoms with van der Waals surface area (Å²) in [7, 11) is -4.23. The lowest BCUT2D eigenvalue weighted by Crippen LogP contribution is -2.57. The number of aryl methyl sites for hydroxylation is 1. The monoisotopic (exact) mass is 565 g/mol. The first-order valence-electron chi connectivity index (χ1n) is 13.0. The average molecular weight is 566 g/mol. The lowest BCUT2D eigenvalue weighted by atomic mass is 9.86. The van der Waals surface area contributed by atoms with Crippen LogP contribution in [0.4, 0.5) is 0 Å². The zero-order valence-electron chi connectivity index (χ0n) is 22.8. The maximum atomic E-state index is 14.1. The molecule has 0 spiro atoms. The van der Waals surface area contributed by atoms with Crippen molar-refractivity contribution in [1.82, 2.24) is 4.90 Å². The van der Waals surface area contributed by atoms with Crippen molar-refractivity contribution in [3.63, 3.8) is 0 Å². The molecule has 3 aromatic rings. The van der Waals surface area contributed by atoms with Gasteiger partial charge in [-0.05, 0) is 64.1 Å². The van der Waals surface area contributed by atoms with E-state index >= 15 is 0 Å². The molecule has 1 aliphatic rings. The Morgan fingerprint density at radius 1 is 0.846 bits per heavy atom. The van der Waals surface area contributed by atoms with Gasteiger partial charge in [-0.1, -0.05) is 59.8 Å². The van der Waals surface area contributed by atoms with E-state index < -0.39 is 32.3 Å². The third kappa shape index (κ3) is 6.19. The molecule has 1 heterocycles. The quantitative estimate of drug-likeness (QED) is 0.295. The second-order valence-electron chi connectivity index (χ2n) is 10.6. The molecule has 0 aromatic heterocycles. The molecule has 3 aromatic carbocycles. The van der Waals surface area contributed by atoms with Crippen molar-refractivity contribution in [2.24, 2.45) is 0 Å². The zero-order valence-corrected chi connectivity index (χ0v) is 24.5. The van der Waals surface area contributed by atoms with E-state index in [4.69, 9.17) is 4.74 Å². The highest BCUT2D eigenvalue weighted by Gasteiger charge is 2.51. The number of rotatable bonds is 10. The summed E-state index contributed by atoms with van der Waals surface area (Å²) in [5.41, 5.74) is 0.199. The molecule has 0 bridgehead atoms. The Hall–Kier alpha value is -2.78. The molecule has 4 rings (SSSR count). The molecule has 0 amide bonds. The molecule has 1 aliphatic heterocycles. The number of ketones is 2. The maximum absolute atomic E-state index is 14.1. The summed E-state index contributed by atoms with van der Waals surface area (Å²) in [4.78, 5) is 31.9. The lowest BCUT2D eigenvalue weighted by molar-refractivity contribution is -0.132. The zero-order chi connectivity index (χ0) is 28.3. The van der Waals surface area contributed by atoms with E-state index in [2.05, 4.69) is 0 Å². The SMILES string of the molecule is Cc1ccc(S(=O)(=O)C(C)(CC(=O)C(C)(C)N2CCOCC2)C(=O)c2ccc(Sc3ccccc3)cc2)cc1. The fraction of sp³-hybridized carbons (Fsp3) is 0.355. The Morgan fingerprint density at radius 3 is 2.00 bits per heavy atom. The number of carbonyl (C=O) groups excluding carboxylic acids is 2. The van der Waals surface area contributed by atoms with Gasteiger partial charge in [0.25, 0.3) is 0 Å². The van der Waals surface area contributed by atoms with Gasteiger partial charge >= 0.3 is 0 Å². The minimum atomic E-state index is -4.23. The van der Waals surface area contributed by atoms with Gasteiger partial charge < -0.3 is 4.74 Å². The van der Waals surface area contributed by atoms with E-state index in [1.807, 2.05) is 54.3 Å². The number of Topliss-reactive ketones (excluding diaryl/α,β-unsaturated/α-hetero) is 2. The number of sulfone groups is 1. The van der Waals surface area contributed by atoms with Gasteiger partial charge in [-0.25, -0.2) is 8.42 Å². The van der Waals surface area contributed by atoms with Crippen LogP contribution in [0.1, 0.15) is 43.1 Å². The van der Waals surface area contributed by atoms with Crippen LogP contribution in [-0.2, 0) is 19.4 Å². The topological polar surface area (TPSA) is 80.8 Å². The van der Waals surface area contributed by atoms with Crippen LogP contribution in [0.2, 0.25) is 0 Å². The fourth-order valence-electron chi connectivity index (χ4n) is 4.70. The van der Waals surface area contributed by atoms with E-state index in [-0.39, 0.29) is 16.2 Å². The molecule has 0 saturated carbocycles. The van der Waals surface area contributed by atoms with Crippen molar-refractivity contribution in [3.8, 4) is 0 Å². The Labute approximate surface area is 235 Å². The van der Waals surface area contributed by atoms with Crippen LogP contribution in [0, 0.1) is 6.92 Å². The van der Waals surface area contributed by atoms with Gasteiger partial charge in [-0.3, -0.25) is 14.5 Å². The first-order chi connectivity index (χ1) is 18.4. The Morgan fingerprint density at radius 2 is 1.41 bits per heavy atom. The highest BCUT2D eigenvalue weighted by molar-refractivity contribution is 7.99. The molecule has 1 atom stereocenters. The Bertz CT molecular complexity index is 1410. The van der Waals surface area contributed by atoms with Gasteiger partial charge in [0, 0.05) is 34.9 Å². The number of carbonyl (C=O) groups is 2. The molecule has 206 valence electrons. The molecular formula is C31H35NO5S2. The minimum absolute atomic E-state index is 0.0252. The molecular weight excluding hydrogens is 530 g/mol. The van der Waals surface area contributed by atoms with Crippen LogP contribution in [0.25, 0.3) is 0 Å². The molecule has 1 unspecified atom stereocenters. The third-order valence-electron chi connectivity index (χ3n) is 7.48. The standard InChI is InChI=1S/C31H35NO5S2/c1-23-10-16-27(17-11-23)39(35,36)31(4,22-28(33)30(2,3)32-18-20-37-21-19-32)29(34)24-12-14-26(15-13-24)38-25-8-6-5-7-9-25/h5-17H,18-22H2,1-4H3. The molecule has 0 N–H and O–H groups in total. The van der Waals surface area contributed by atoms with Gasteiger partial charge in [-0.2, -0.15) is 0 Å². The van der Waals surface area contributed by atoms with Gasteiger partial charge in [0.15, 0.2) is 21.4 Å². The number of hydrogen-bond donors (Lipinski definition) is 0. The van der Waals surface area contributed by atoms with Crippen molar-refractivity contribution >= 4 is 33.2 Å². The summed E-state index contributed by atoms with van der Waals surface area (Å²) in [6, 6.07) is 23.2. The number of nitrogens with zero attached hydrogens (tertiary/aromatic N) is 1. The highest BCUT2D eigenvalue weighted by Crippen LogP contribution is 2.36. The molecule has 1 saturated heterocycles. The van der Waals surface area contributed by atoms with Gasteiger partial charge in [0.05, 0.1) is 23.6 Å². The fourth-order valence-corrected chi connectivity index (χ4v) is 7.24. The van der Waals surface area contributed by atoms with Gasteiger partial charge in [0.1, 0.15) is 4.75 Å². The van der Waals surface area contributed by atoms with E-state index in [0.717, 1.165) is 15.4 Å². The molecule has 1 fully saturated rings. The summed E-state index contributed by atoms with van der Waals surface area (Å²) in [6.07, 6.45) is -0.438. The van der Waals surface area contributed by atoms with Crippen molar-refractivity contribution in [2.75, 3.05) is 26.3 Å². The number of ether oxygens (including phenoxy) is 1. The summed E-state index contributed by atoms with van der Waals surface area (Å²) in [6.45, 7) is 8.97. The third-order valence-corrected chi connectivity index (χ3v) is 10.9. The first-order valence-corrected chi connectivity index (χ1v) is 15.3. The largest absolute Gasteiger partial charge is 0.379 e. The smallest absolute Gasteiger partial charge is 0.191 e. The molecule has 0 radical (unpaired) electrons. The van der Waals surface area contributed by atoms with Crippen LogP contribution in [-0.4, -0.2) is 61.5 Å². The second-order valence-corrected chi connectivity index (χ2v) is 14.1. The Kier molecular flexibility index (Phi) is 8.81. The maximum Gasteiger partial charge on any atom is 0.191 e. The number of morpholine rings is 1. The molecule has 8 heteroatoms. The van der Waals surface area contributed by atoms with Crippen LogP contribution in [0.3, 0.4) is 0 Å². The van der Waals surface area contributed by atoms with Crippen molar-refractivity contribution in [1.29, 1.82) is 0 Å². The van der Waals surface area contributed by atoms with Crippen LogP contribution in [0.5, 0.6) is 0 Å². The first kappa shape index (κ1) is 29.2. The summed E-state index contributed by atoms with van der Waals surface area (Å²) >= 11 is 1.55. The highest BCUT2D eigenvalue weighted by atomic mass is 32.2. The van der Waals surface area contributed by atoms with E-state index in [9.17, 15) is 18.0 Å². The van der Waals surface area contributed by atoms with E-state index in [1.165, 1.54) is 19.1 Å².